The van der Waals surface area contributed by atoms with Gasteiger partial charge in [0.15, 0.2) is 0 Å². The lowest BCUT2D eigenvalue weighted by Gasteiger charge is -2.34. The van der Waals surface area contributed by atoms with E-state index in [0.29, 0.717) is 11.5 Å². The molecule has 0 unspecified atom stereocenters. The van der Waals surface area contributed by atoms with Crippen molar-refractivity contribution in [1.82, 2.24) is 4.31 Å². The Morgan fingerprint density at radius 3 is 2.59 bits per heavy atom. The maximum absolute atomic E-state index is 13.2. The van der Waals surface area contributed by atoms with Crippen molar-refractivity contribution in [2.45, 2.75) is 36.2 Å². The fourth-order valence-electron chi connectivity index (χ4n) is 4.24. The minimum absolute atomic E-state index is 0.0102. The lowest BCUT2D eigenvalue weighted by Crippen LogP contribution is -2.47. The summed E-state index contributed by atoms with van der Waals surface area (Å²) >= 11 is 0. The molecule has 2 aromatic rings. The van der Waals surface area contributed by atoms with Crippen LogP contribution in [0.15, 0.2) is 53.4 Å². The average molecular weight is 391 g/mol. The van der Waals surface area contributed by atoms with Crippen molar-refractivity contribution >= 4 is 10.0 Å². The molecule has 2 aliphatic rings. The molecule has 1 aliphatic carbocycles. The predicted molar refractivity (Wildman–Crippen MR) is 98.8 cm³/mol. The maximum atomic E-state index is 13.2. The normalized spacial score (nSPS) is 24.9. The second kappa shape index (κ2) is 7.13. The molecule has 4 rings (SSSR count). The van der Waals surface area contributed by atoms with Crippen molar-refractivity contribution in [3.8, 4) is 11.5 Å². The third kappa shape index (κ3) is 3.41. The molecule has 1 saturated carbocycles. The average Bonchev–Trinajstić information content (AvgIpc) is 3.28. The Kier molecular flexibility index (Phi) is 4.82. The molecule has 0 aromatic heterocycles. The number of nitrogens with zero attached hydrogens (tertiary/aromatic N) is 1. The van der Waals surface area contributed by atoms with Gasteiger partial charge in [0.05, 0.1) is 18.0 Å². The van der Waals surface area contributed by atoms with Crippen LogP contribution in [0.2, 0.25) is 0 Å². The quantitative estimate of drug-likeness (QED) is 0.757. The molecule has 0 radical (unpaired) electrons. The van der Waals surface area contributed by atoms with Gasteiger partial charge in [-0.15, -0.1) is 0 Å². The van der Waals surface area contributed by atoms with E-state index in [9.17, 15) is 12.8 Å². The van der Waals surface area contributed by atoms with E-state index in [1.54, 1.807) is 17.5 Å². The van der Waals surface area contributed by atoms with Gasteiger partial charge in [-0.05, 0) is 61.6 Å². The van der Waals surface area contributed by atoms with E-state index >= 15 is 0 Å². The van der Waals surface area contributed by atoms with Crippen molar-refractivity contribution in [1.29, 1.82) is 0 Å². The van der Waals surface area contributed by atoms with E-state index in [-0.39, 0.29) is 29.5 Å². The van der Waals surface area contributed by atoms with Crippen LogP contribution in [-0.2, 0) is 10.0 Å². The lowest BCUT2D eigenvalue weighted by molar-refractivity contribution is 0.162. The summed E-state index contributed by atoms with van der Waals surface area (Å²) in [5, 5.41) is 0. The van der Waals surface area contributed by atoms with Crippen LogP contribution in [-0.4, -0.2) is 38.5 Å². The van der Waals surface area contributed by atoms with E-state index in [1.807, 2.05) is 18.2 Å². The summed E-state index contributed by atoms with van der Waals surface area (Å²) < 4.78 is 52.3. The summed E-state index contributed by atoms with van der Waals surface area (Å²) in [6.45, 7) is 0.286. The highest BCUT2D eigenvalue weighted by molar-refractivity contribution is 7.89. The van der Waals surface area contributed by atoms with E-state index in [2.05, 4.69) is 0 Å². The molecular weight excluding hydrogens is 369 g/mol. The molecule has 1 saturated heterocycles. The Morgan fingerprint density at radius 2 is 1.85 bits per heavy atom. The summed E-state index contributed by atoms with van der Waals surface area (Å²) in [4.78, 5) is 0.128. The molecule has 7 heteroatoms. The second-order valence-electron chi connectivity index (χ2n) is 7.07. The molecule has 144 valence electrons. The zero-order valence-electron chi connectivity index (χ0n) is 15.0. The smallest absolute Gasteiger partial charge is 0.243 e. The van der Waals surface area contributed by atoms with Gasteiger partial charge in [-0.1, -0.05) is 6.07 Å². The van der Waals surface area contributed by atoms with Gasteiger partial charge in [0, 0.05) is 12.1 Å². The van der Waals surface area contributed by atoms with Gasteiger partial charge < -0.3 is 9.47 Å². The van der Waals surface area contributed by atoms with E-state index in [4.69, 9.17) is 9.47 Å². The highest BCUT2D eigenvalue weighted by atomic mass is 32.2. The Bertz CT molecular complexity index is 916. The summed E-state index contributed by atoms with van der Waals surface area (Å²) in [7, 11) is -2.10. The molecule has 0 amide bonds. The van der Waals surface area contributed by atoms with Crippen LogP contribution < -0.4 is 9.47 Å². The van der Waals surface area contributed by atoms with Crippen LogP contribution in [0.25, 0.3) is 0 Å². The summed E-state index contributed by atoms with van der Waals surface area (Å²) in [6.07, 6.45) is 2.72. The zero-order chi connectivity index (χ0) is 19.0. The van der Waals surface area contributed by atoms with E-state index < -0.39 is 15.8 Å². The number of halogens is 1. The number of hydrogen-bond acceptors (Lipinski definition) is 4. The second-order valence-corrected chi connectivity index (χ2v) is 8.92. The molecule has 2 bridgehead atoms. The first-order valence-corrected chi connectivity index (χ1v) is 10.5. The van der Waals surface area contributed by atoms with Crippen LogP contribution in [0.5, 0.6) is 11.5 Å². The van der Waals surface area contributed by atoms with E-state index in [1.165, 1.54) is 24.3 Å². The number of piperidine rings is 1. The van der Waals surface area contributed by atoms with Crippen LogP contribution in [0, 0.1) is 11.7 Å². The largest absolute Gasteiger partial charge is 0.497 e. The molecule has 1 aliphatic heterocycles. The fraction of sp³-hybridized carbons (Fsp3) is 0.400. The lowest BCUT2D eigenvalue weighted by atomic mass is 10.0. The number of rotatable bonds is 6. The van der Waals surface area contributed by atoms with Crippen LogP contribution in [0.1, 0.15) is 19.3 Å². The van der Waals surface area contributed by atoms with Crippen molar-refractivity contribution < 1.29 is 22.3 Å². The molecule has 0 spiro atoms. The van der Waals surface area contributed by atoms with Crippen molar-refractivity contribution in [2.75, 3.05) is 13.7 Å². The van der Waals surface area contributed by atoms with Crippen molar-refractivity contribution in [2.24, 2.45) is 5.92 Å². The third-order valence-corrected chi connectivity index (χ3v) is 7.52. The minimum atomic E-state index is -3.69. The molecule has 2 aromatic carbocycles. The standard InChI is InChI=1S/C20H22FNO4S/c1-25-17-3-2-4-18(12-17)26-13-20-14-5-8-16(11-14)22(20)27(23,24)19-9-6-15(21)7-10-19/h2-4,6-7,9-10,12,14,16,20H,5,8,11,13H2,1H3/t14-,16-,20-/m0/s1. The number of ether oxygens (including phenoxy) is 2. The molecular formula is C20H22FNO4S. The highest BCUT2D eigenvalue weighted by Crippen LogP contribution is 2.45. The van der Waals surface area contributed by atoms with Gasteiger partial charge >= 0.3 is 0 Å². The van der Waals surface area contributed by atoms with E-state index in [0.717, 1.165) is 19.3 Å². The number of sulfonamides is 1. The Hall–Kier alpha value is -2.12. The van der Waals surface area contributed by atoms with Crippen molar-refractivity contribution in [3.05, 3.63) is 54.3 Å². The summed E-state index contributed by atoms with van der Waals surface area (Å²) in [5.74, 6) is 1.18. The molecule has 5 nitrogen and oxygen atoms in total. The Balaban J connectivity index is 1.56. The Labute approximate surface area is 158 Å². The minimum Gasteiger partial charge on any atom is -0.497 e. The molecule has 0 N–H and O–H groups in total. The fourth-order valence-corrected chi connectivity index (χ4v) is 6.13. The van der Waals surface area contributed by atoms with Gasteiger partial charge in [0.1, 0.15) is 23.9 Å². The number of fused-ring (bicyclic) bond motifs is 2. The first kappa shape index (κ1) is 18.3. The van der Waals surface area contributed by atoms with Gasteiger partial charge in [-0.2, -0.15) is 4.31 Å². The SMILES string of the molecule is COc1cccc(OC[C@H]2[C@H]3CC[C@@H](C3)N2S(=O)(=O)c2ccc(F)cc2)c1. The van der Waals surface area contributed by atoms with Crippen LogP contribution in [0.4, 0.5) is 4.39 Å². The summed E-state index contributed by atoms with van der Waals surface area (Å²) in [6, 6.07) is 12.1. The van der Waals surface area contributed by atoms with Crippen LogP contribution in [0.3, 0.4) is 0 Å². The topological polar surface area (TPSA) is 55.8 Å². The number of hydrogen-bond donors (Lipinski definition) is 0. The molecule has 1 heterocycles. The number of benzene rings is 2. The van der Waals surface area contributed by atoms with Gasteiger partial charge in [-0.25, -0.2) is 12.8 Å². The van der Waals surface area contributed by atoms with Gasteiger partial charge in [0.25, 0.3) is 0 Å². The van der Waals surface area contributed by atoms with Crippen molar-refractivity contribution in [3.63, 3.8) is 0 Å². The number of methoxy groups -OCH3 is 1. The first-order valence-electron chi connectivity index (χ1n) is 9.05. The molecule has 27 heavy (non-hydrogen) atoms. The highest BCUT2D eigenvalue weighted by Gasteiger charge is 2.51. The Morgan fingerprint density at radius 1 is 1.11 bits per heavy atom. The first-order chi connectivity index (χ1) is 13.0. The molecule has 2 fully saturated rings. The van der Waals surface area contributed by atoms with Gasteiger partial charge in [0.2, 0.25) is 10.0 Å². The zero-order valence-corrected chi connectivity index (χ0v) is 15.9. The van der Waals surface area contributed by atoms with Gasteiger partial charge in [-0.3, -0.25) is 0 Å². The molecule has 3 atom stereocenters. The summed E-state index contributed by atoms with van der Waals surface area (Å²) in [5.41, 5.74) is 0. The predicted octanol–water partition coefficient (Wildman–Crippen LogP) is 3.45. The van der Waals surface area contributed by atoms with Crippen LogP contribution >= 0.6 is 0 Å². The maximum Gasteiger partial charge on any atom is 0.243 e. The monoisotopic (exact) mass is 391 g/mol. The third-order valence-electron chi connectivity index (χ3n) is 5.53.